The van der Waals surface area contributed by atoms with E-state index in [0.717, 1.165) is 21.5 Å². The third-order valence-corrected chi connectivity index (χ3v) is 3.75. The van der Waals surface area contributed by atoms with Crippen molar-refractivity contribution in [2.75, 3.05) is 5.73 Å². The quantitative estimate of drug-likeness (QED) is 0.921. The Bertz CT molecular complexity index is 468. The van der Waals surface area contributed by atoms with Crippen molar-refractivity contribution in [3.8, 4) is 10.7 Å². The molecule has 2 aromatic heterocycles. The van der Waals surface area contributed by atoms with E-state index in [2.05, 4.69) is 25.9 Å². The van der Waals surface area contributed by atoms with Crippen molar-refractivity contribution in [3.05, 3.63) is 27.7 Å². The first-order chi connectivity index (χ1) is 7.22. The zero-order valence-corrected chi connectivity index (χ0v) is 10.6. The van der Waals surface area contributed by atoms with E-state index >= 15 is 0 Å². The minimum absolute atomic E-state index is 0.505. The molecule has 2 rings (SSSR count). The molecular formula is C10H10BrN3S. The number of anilines is 1. The molecule has 0 aliphatic rings. The molecule has 0 radical (unpaired) electrons. The summed E-state index contributed by atoms with van der Waals surface area (Å²) >= 11 is 5.01. The van der Waals surface area contributed by atoms with E-state index in [1.165, 1.54) is 0 Å². The number of nitrogen functional groups attached to an aromatic ring is 1. The lowest BCUT2D eigenvalue weighted by molar-refractivity contribution is 0.998. The molecule has 2 heterocycles. The smallest absolute Gasteiger partial charge is 0.171 e. The first kappa shape index (κ1) is 10.6. The van der Waals surface area contributed by atoms with Crippen LogP contribution in [0.25, 0.3) is 10.7 Å². The van der Waals surface area contributed by atoms with Gasteiger partial charge in [-0.1, -0.05) is 13.0 Å². The number of thiophene rings is 1. The molecule has 0 amide bonds. The van der Waals surface area contributed by atoms with E-state index in [1.807, 2.05) is 24.4 Å². The monoisotopic (exact) mass is 283 g/mol. The molecule has 0 aliphatic heterocycles. The van der Waals surface area contributed by atoms with E-state index < -0.39 is 0 Å². The van der Waals surface area contributed by atoms with Gasteiger partial charge in [0.15, 0.2) is 5.82 Å². The largest absolute Gasteiger partial charge is 0.383 e. The fraction of sp³-hybridized carbons (Fsp3) is 0.200. The molecule has 78 valence electrons. The predicted molar refractivity (Wildman–Crippen MR) is 66.8 cm³/mol. The molecule has 0 unspecified atom stereocenters. The van der Waals surface area contributed by atoms with Crippen molar-refractivity contribution in [2.24, 2.45) is 0 Å². The summed E-state index contributed by atoms with van der Waals surface area (Å²) in [5.41, 5.74) is 6.76. The molecule has 0 atom stereocenters. The molecule has 5 heteroatoms. The summed E-state index contributed by atoms with van der Waals surface area (Å²) in [5, 5.41) is 2.00. The number of hydrogen-bond acceptors (Lipinski definition) is 4. The third-order valence-electron chi connectivity index (χ3n) is 2.02. The Morgan fingerprint density at radius 2 is 2.27 bits per heavy atom. The summed E-state index contributed by atoms with van der Waals surface area (Å²) in [7, 11) is 0. The second-order valence-corrected chi connectivity index (χ2v) is 4.76. The molecule has 0 saturated heterocycles. The highest BCUT2D eigenvalue weighted by Crippen LogP contribution is 2.27. The maximum atomic E-state index is 5.81. The van der Waals surface area contributed by atoms with Crippen LogP contribution >= 0.6 is 27.3 Å². The zero-order valence-electron chi connectivity index (χ0n) is 8.20. The molecular weight excluding hydrogens is 274 g/mol. The molecule has 0 saturated carbocycles. The van der Waals surface area contributed by atoms with Crippen molar-refractivity contribution in [3.63, 3.8) is 0 Å². The first-order valence-corrected chi connectivity index (χ1v) is 6.25. The summed E-state index contributed by atoms with van der Waals surface area (Å²) in [5.74, 6) is 1.22. The minimum atomic E-state index is 0.505. The van der Waals surface area contributed by atoms with E-state index in [-0.39, 0.29) is 0 Å². The van der Waals surface area contributed by atoms with Crippen LogP contribution in [0.3, 0.4) is 0 Å². The van der Waals surface area contributed by atoms with Gasteiger partial charge >= 0.3 is 0 Å². The van der Waals surface area contributed by atoms with Crippen LogP contribution in [-0.2, 0) is 6.42 Å². The maximum Gasteiger partial charge on any atom is 0.171 e. The topological polar surface area (TPSA) is 51.8 Å². The average Bonchev–Trinajstić information content (AvgIpc) is 2.75. The maximum absolute atomic E-state index is 5.81. The lowest BCUT2D eigenvalue weighted by Gasteiger charge is -2.05. The Hall–Kier alpha value is -0.940. The molecule has 0 bridgehead atoms. The Morgan fingerprint density at radius 1 is 1.47 bits per heavy atom. The van der Waals surface area contributed by atoms with Crippen LogP contribution in [0.2, 0.25) is 0 Å². The number of nitrogens with zero attached hydrogens (tertiary/aromatic N) is 2. The number of halogens is 1. The summed E-state index contributed by atoms with van der Waals surface area (Å²) in [6.45, 7) is 2.05. The van der Waals surface area contributed by atoms with Gasteiger partial charge in [-0.2, -0.15) is 0 Å². The molecule has 2 aromatic rings. The average molecular weight is 284 g/mol. The molecule has 0 spiro atoms. The van der Waals surface area contributed by atoms with Crippen molar-refractivity contribution >= 4 is 33.1 Å². The summed E-state index contributed by atoms with van der Waals surface area (Å²) in [6.07, 6.45) is 0.839. The lowest BCUT2D eigenvalue weighted by Crippen LogP contribution is -2.01. The van der Waals surface area contributed by atoms with Crippen LogP contribution in [0.5, 0.6) is 0 Å². The standard InChI is InChI=1S/C10H10BrN3S/c1-2-6-8(11)9(12)14-10(13-6)7-4-3-5-15-7/h3-5H,2H2,1H3,(H2,12,13,14). The normalized spacial score (nSPS) is 10.5. The van der Waals surface area contributed by atoms with Crippen LogP contribution < -0.4 is 5.73 Å². The Balaban J connectivity index is 2.55. The Kier molecular flexibility index (Phi) is 3.02. The van der Waals surface area contributed by atoms with E-state index in [9.17, 15) is 0 Å². The molecule has 0 aliphatic carbocycles. The number of rotatable bonds is 2. The second kappa shape index (κ2) is 4.28. The predicted octanol–water partition coefficient (Wildman–Crippen LogP) is 3.11. The van der Waals surface area contributed by atoms with Crippen molar-refractivity contribution in [2.45, 2.75) is 13.3 Å². The van der Waals surface area contributed by atoms with Crippen LogP contribution in [0.4, 0.5) is 5.82 Å². The fourth-order valence-corrected chi connectivity index (χ4v) is 2.38. The van der Waals surface area contributed by atoms with Gasteiger partial charge < -0.3 is 5.73 Å². The molecule has 2 N–H and O–H groups in total. The van der Waals surface area contributed by atoms with Crippen LogP contribution in [-0.4, -0.2) is 9.97 Å². The Morgan fingerprint density at radius 3 is 2.87 bits per heavy atom. The van der Waals surface area contributed by atoms with Gasteiger partial charge in [0.25, 0.3) is 0 Å². The summed E-state index contributed by atoms with van der Waals surface area (Å²) < 4.78 is 0.810. The fourth-order valence-electron chi connectivity index (χ4n) is 1.26. The van der Waals surface area contributed by atoms with Crippen LogP contribution in [0.1, 0.15) is 12.6 Å². The minimum Gasteiger partial charge on any atom is -0.383 e. The van der Waals surface area contributed by atoms with Gasteiger partial charge in [0.05, 0.1) is 15.0 Å². The second-order valence-electron chi connectivity index (χ2n) is 3.02. The van der Waals surface area contributed by atoms with Gasteiger partial charge in [-0.05, 0) is 33.8 Å². The molecule has 0 fully saturated rings. The van der Waals surface area contributed by atoms with Crippen molar-refractivity contribution in [1.29, 1.82) is 0 Å². The lowest BCUT2D eigenvalue weighted by atomic mass is 10.3. The van der Waals surface area contributed by atoms with Gasteiger partial charge in [-0.15, -0.1) is 11.3 Å². The summed E-state index contributed by atoms with van der Waals surface area (Å²) in [6, 6.07) is 3.97. The number of hydrogen-bond donors (Lipinski definition) is 1. The summed E-state index contributed by atoms with van der Waals surface area (Å²) in [4.78, 5) is 9.77. The van der Waals surface area contributed by atoms with E-state index in [4.69, 9.17) is 5.73 Å². The first-order valence-electron chi connectivity index (χ1n) is 4.58. The van der Waals surface area contributed by atoms with Crippen molar-refractivity contribution in [1.82, 2.24) is 9.97 Å². The van der Waals surface area contributed by atoms with Crippen molar-refractivity contribution < 1.29 is 0 Å². The number of aromatic nitrogens is 2. The van der Waals surface area contributed by atoms with E-state index in [0.29, 0.717) is 11.6 Å². The third kappa shape index (κ3) is 2.03. The van der Waals surface area contributed by atoms with Gasteiger partial charge in [0, 0.05) is 0 Å². The van der Waals surface area contributed by atoms with Gasteiger partial charge in [0.1, 0.15) is 5.82 Å². The highest BCUT2D eigenvalue weighted by atomic mass is 79.9. The van der Waals surface area contributed by atoms with E-state index in [1.54, 1.807) is 11.3 Å². The highest BCUT2D eigenvalue weighted by molar-refractivity contribution is 9.10. The number of nitrogens with two attached hydrogens (primary N) is 1. The zero-order chi connectivity index (χ0) is 10.8. The number of aryl methyl sites for hydroxylation is 1. The van der Waals surface area contributed by atoms with Crippen LogP contribution in [0, 0.1) is 0 Å². The molecule has 0 aromatic carbocycles. The van der Waals surface area contributed by atoms with Crippen LogP contribution in [0.15, 0.2) is 22.0 Å². The van der Waals surface area contributed by atoms with Gasteiger partial charge in [0.2, 0.25) is 0 Å². The molecule has 15 heavy (non-hydrogen) atoms. The molecule has 3 nitrogen and oxygen atoms in total. The SMILES string of the molecule is CCc1nc(-c2cccs2)nc(N)c1Br. The Labute approximate surface area is 101 Å². The highest BCUT2D eigenvalue weighted by Gasteiger charge is 2.10. The van der Waals surface area contributed by atoms with Gasteiger partial charge in [-0.3, -0.25) is 0 Å². The van der Waals surface area contributed by atoms with Gasteiger partial charge in [-0.25, -0.2) is 9.97 Å².